The van der Waals surface area contributed by atoms with Gasteiger partial charge in [-0.1, -0.05) is 6.07 Å². The number of hydrogen-bond acceptors (Lipinski definition) is 5. The van der Waals surface area contributed by atoms with Crippen LogP contribution in [-0.2, 0) is 11.2 Å². The summed E-state index contributed by atoms with van der Waals surface area (Å²) < 4.78 is 1.70. The molecule has 1 saturated heterocycles. The van der Waals surface area contributed by atoms with E-state index in [1.165, 1.54) is 0 Å². The van der Waals surface area contributed by atoms with Gasteiger partial charge in [0.2, 0.25) is 5.91 Å². The molecule has 3 aromatic heterocycles. The van der Waals surface area contributed by atoms with E-state index in [4.69, 9.17) is 10.5 Å². The second-order valence-corrected chi connectivity index (χ2v) is 6.08. The molecule has 0 N–H and O–H groups in total. The summed E-state index contributed by atoms with van der Waals surface area (Å²) in [7, 11) is 0. The summed E-state index contributed by atoms with van der Waals surface area (Å²) in [5, 5.41) is 22.3. The Morgan fingerprint density at radius 2 is 2.15 bits per heavy atom. The summed E-state index contributed by atoms with van der Waals surface area (Å²) in [6.45, 7) is 0.521. The first-order valence-electron chi connectivity index (χ1n) is 8.23. The van der Waals surface area contributed by atoms with E-state index >= 15 is 0 Å². The Bertz CT molecular complexity index is 1090. The number of anilines is 1. The van der Waals surface area contributed by atoms with Crippen LogP contribution in [0.5, 0.6) is 0 Å². The number of rotatable bonds is 3. The molecule has 1 unspecified atom stereocenters. The molecule has 0 bridgehead atoms. The Morgan fingerprint density at radius 1 is 1.27 bits per heavy atom. The molecule has 4 rings (SSSR count). The van der Waals surface area contributed by atoms with E-state index in [-0.39, 0.29) is 12.3 Å². The predicted octanol–water partition coefficient (Wildman–Crippen LogP) is 2.34. The topological polar surface area (TPSA) is 98.1 Å². The monoisotopic (exact) mass is 342 g/mol. The lowest BCUT2D eigenvalue weighted by atomic mass is 10.1. The summed E-state index contributed by atoms with van der Waals surface area (Å²) in [5.74, 6) is -0.750. The minimum absolute atomic E-state index is 0.169. The van der Waals surface area contributed by atoms with Crippen LogP contribution >= 0.6 is 0 Å². The van der Waals surface area contributed by atoms with Crippen LogP contribution in [-0.4, -0.2) is 27.0 Å². The Labute approximate surface area is 149 Å². The van der Waals surface area contributed by atoms with E-state index in [1.807, 2.05) is 30.5 Å². The third-order valence-corrected chi connectivity index (χ3v) is 4.50. The van der Waals surface area contributed by atoms with Crippen LogP contribution in [0, 0.1) is 28.6 Å². The molecular weight excluding hydrogens is 328 g/mol. The third-order valence-electron chi connectivity index (χ3n) is 4.50. The molecule has 7 heteroatoms. The fraction of sp³-hybridized carbons (Fsp3) is 0.211. The van der Waals surface area contributed by atoms with Crippen molar-refractivity contribution >= 4 is 17.1 Å². The number of nitrogens with zero attached hydrogens (tertiary/aromatic N) is 6. The van der Waals surface area contributed by atoms with Crippen molar-refractivity contribution in [2.75, 3.05) is 11.4 Å². The quantitative estimate of drug-likeness (QED) is 0.727. The Kier molecular flexibility index (Phi) is 3.83. The minimum Gasteiger partial charge on any atom is -0.309 e. The van der Waals surface area contributed by atoms with Crippen molar-refractivity contribution in [3.8, 4) is 23.4 Å². The second-order valence-electron chi connectivity index (χ2n) is 6.08. The van der Waals surface area contributed by atoms with Gasteiger partial charge in [-0.15, -0.1) is 0 Å². The third kappa shape index (κ3) is 2.56. The van der Waals surface area contributed by atoms with Crippen LogP contribution in [0.15, 0.2) is 42.7 Å². The number of hydrogen-bond donors (Lipinski definition) is 0. The molecule has 1 aliphatic heterocycles. The average Bonchev–Trinajstić information content (AvgIpc) is 3.25. The number of carbonyl (C=O) groups is 1. The molecule has 1 fully saturated rings. The standard InChI is InChI=1S/C19H14N6O/c20-7-4-15-2-1-3-16(23-15)14-10-18-17(5-8-22-25(18)12-14)24-9-6-13(11-21)19(24)26/h1-3,5,8,10,12-13H,4,6,9H2. The first kappa shape index (κ1) is 15.8. The summed E-state index contributed by atoms with van der Waals surface area (Å²) in [6, 6.07) is 13.4. The van der Waals surface area contributed by atoms with Crippen LogP contribution in [0.1, 0.15) is 12.1 Å². The molecule has 1 atom stereocenters. The van der Waals surface area contributed by atoms with Crippen LogP contribution in [0.4, 0.5) is 5.69 Å². The molecule has 0 saturated carbocycles. The van der Waals surface area contributed by atoms with Gasteiger partial charge in [0.15, 0.2) is 0 Å². The summed E-state index contributed by atoms with van der Waals surface area (Å²) in [4.78, 5) is 18.6. The van der Waals surface area contributed by atoms with Gasteiger partial charge in [0.1, 0.15) is 5.92 Å². The molecule has 0 radical (unpaired) electrons. The van der Waals surface area contributed by atoms with Crippen molar-refractivity contribution in [1.82, 2.24) is 14.6 Å². The molecule has 0 spiro atoms. The minimum atomic E-state index is -0.582. The van der Waals surface area contributed by atoms with Crippen molar-refractivity contribution in [3.63, 3.8) is 0 Å². The summed E-state index contributed by atoms with van der Waals surface area (Å²) >= 11 is 0. The highest BCUT2D eigenvalue weighted by Crippen LogP contribution is 2.31. The van der Waals surface area contributed by atoms with Crippen molar-refractivity contribution in [2.45, 2.75) is 12.8 Å². The zero-order valence-electron chi connectivity index (χ0n) is 13.8. The fourth-order valence-electron chi connectivity index (χ4n) is 3.23. The molecule has 26 heavy (non-hydrogen) atoms. The SMILES string of the molecule is N#CCc1cccc(-c2cc3c(N4CCC(C#N)C4=O)ccnn3c2)n1. The van der Waals surface area contributed by atoms with Crippen molar-refractivity contribution in [1.29, 1.82) is 10.5 Å². The number of carbonyl (C=O) groups excluding carboxylic acids is 1. The van der Waals surface area contributed by atoms with Crippen LogP contribution in [0.2, 0.25) is 0 Å². The van der Waals surface area contributed by atoms with Gasteiger partial charge in [0.25, 0.3) is 0 Å². The zero-order chi connectivity index (χ0) is 18.1. The van der Waals surface area contributed by atoms with Crippen molar-refractivity contribution < 1.29 is 4.79 Å². The normalized spacial score (nSPS) is 16.6. The van der Waals surface area contributed by atoms with Crippen molar-refractivity contribution in [3.05, 3.63) is 48.4 Å². The number of nitriles is 2. The molecule has 1 aliphatic rings. The van der Waals surface area contributed by atoms with E-state index in [0.29, 0.717) is 18.7 Å². The van der Waals surface area contributed by atoms with Gasteiger partial charge >= 0.3 is 0 Å². The second kappa shape index (κ2) is 6.30. The highest BCUT2D eigenvalue weighted by Gasteiger charge is 2.33. The van der Waals surface area contributed by atoms with Gasteiger partial charge in [0, 0.05) is 24.5 Å². The number of aromatic nitrogens is 3. The predicted molar refractivity (Wildman–Crippen MR) is 93.8 cm³/mol. The van der Waals surface area contributed by atoms with Gasteiger partial charge in [-0.25, -0.2) is 4.52 Å². The van der Waals surface area contributed by atoms with E-state index in [2.05, 4.69) is 22.2 Å². The maximum atomic E-state index is 12.4. The largest absolute Gasteiger partial charge is 0.309 e. The number of amides is 1. The highest BCUT2D eigenvalue weighted by atomic mass is 16.2. The number of fused-ring (bicyclic) bond motifs is 1. The summed E-state index contributed by atoms with van der Waals surface area (Å²) in [6.07, 6.45) is 4.27. The fourth-order valence-corrected chi connectivity index (χ4v) is 3.23. The van der Waals surface area contributed by atoms with Crippen LogP contribution < -0.4 is 4.90 Å². The molecule has 1 amide bonds. The molecule has 4 heterocycles. The maximum Gasteiger partial charge on any atom is 0.244 e. The molecule has 0 aliphatic carbocycles. The van der Waals surface area contributed by atoms with Gasteiger partial charge < -0.3 is 4.90 Å². The smallest absolute Gasteiger partial charge is 0.244 e. The molecule has 0 aromatic carbocycles. The zero-order valence-corrected chi connectivity index (χ0v) is 13.8. The lowest BCUT2D eigenvalue weighted by molar-refractivity contribution is -0.118. The van der Waals surface area contributed by atoms with E-state index < -0.39 is 5.92 Å². The van der Waals surface area contributed by atoms with E-state index in [9.17, 15) is 4.79 Å². The average molecular weight is 342 g/mol. The Hall–Kier alpha value is -3.71. The molecule has 7 nitrogen and oxygen atoms in total. The van der Waals surface area contributed by atoms with Gasteiger partial charge in [-0.2, -0.15) is 15.6 Å². The first-order chi connectivity index (χ1) is 12.7. The highest BCUT2D eigenvalue weighted by molar-refractivity contribution is 6.02. The summed E-state index contributed by atoms with van der Waals surface area (Å²) in [5.41, 5.74) is 3.83. The first-order valence-corrected chi connectivity index (χ1v) is 8.23. The van der Waals surface area contributed by atoms with E-state index in [0.717, 1.165) is 22.5 Å². The van der Waals surface area contributed by atoms with Gasteiger partial charge in [0.05, 0.1) is 41.2 Å². The van der Waals surface area contributed by atoms with Crippen molar-refractivity contribution in [2.24, 2.45) is 5.92 Å². The van der Waals surface area contributed by atoms with Gasteiger partial charge in [-0.3, -0.25) is 9.78 Å². The molecule has 3 aromatic rings. The molecular formula is C19H14N6O. The van der Waals surface area contributed by atoms with Crippen LogP contribution in [0.25, 0.3) is 16.8 Å². The lowest BCUT2D eigenvalue weighted by Crippen LogP contribution is -2.27. The Balaban J connectivity index is 1.77. The lowest BCUT2D eigenvalue weighted by Gasteiger charge is -2.16. The number of pyridine rings is 1. The molecule has 126 valence electrons. The van der Waals surface area contributed by atoms with E-state index in [1.54, 1.807) is 21.7 Å². The Morgan fingerprint density at radius 3 is 2.92 bits per heavy atom. The maximum absolute atomic E-state index is 12.4. The van der Waals surface area contributed by atoms with Crippen LogP contribution in [0.3, 0.4) is 0 Å². The van der Waals surface area contributed by atoms with Gasteiger partial charge in [-0.05, 0) is 30.7 Å².